The first-order valence-corrected chi connectivity index (χ1v) is 8.71. The molecule has 1 aliphatic heterocycles. The van der Waals surface area contributed by atoms with Gasteiger partial charge in [-0.1, -0.05) is 18.2 Å². The number of likely N-dealkylation sites (tertiary alicyclic amines) is 1. The summed E-state index contributed by atoms with van der Waals surface area (Å²) < 4.78 is 48.6. The number of sulfone groups is 1. The Kier molecular flexibility index (Phi) is 4.99. The van der Waals surface area contributed by atoms with Gasteiger partial charge in [0.1, 0.15) is 0 Å². The molecular formula is C15H21F2NO2S. The zero-order valence-corrected chi connectivity index (χ0v) is 13.2. The van der Waals surface area contributed by atoms with E-state index in [1.54, 1.807) is 0 Å². The van der Waals surface area contributed by atoms with Crippen LogP contribution in [-0.2, 0) is 16.4 Å². The maximum absolute atomic E-state index is 12.7. The number of halogens is 2. The van der Waals surface area contributed by atoms with E-state index in [4.69, 9.17) is 0 Å². The number of alkyl halides is 2. The van der Waals surface area contributed by atoms with Crippen molar-refractivity contribution in [3.8, 4) is 0 Å². The van der Waals surface area contributed by atoms with Crippen molar-refractivity contribution in [2.45, 2.75) is 44.2 Å². The number of nitrogens with zero attached hydrogens (tertiary/aromatic N) is 1. The number of hydrogen-bond acceptors (Lipinski definition) is 3. The van der Waals surface area contributed by atoms with Crippen LogP contribution in [0, 0.1) is 13.8 Å². The van der Waals surface area contributed by atoms with E-state index >= 15 is 0 Å². The van der Waals surface area contributed by atoms with Gasteiger partial charge in [0.2, 0.25) is 9.84 Å². The highest BCUT2D eigenvalue weighted by Gasteiger charge is 2.37. The van der Waals surface area contributed by atoms with Crippen molar-refractivity contribution in [2.75, 3.05) is 13.1 Å². The van der Waals surface area contributed by atoms with Crippen molar-refractivity contribution < 1.29 is 17.2 Å². The van der Waals surface area contributed by atoms with E-state index in [1.807, 2.05) is 36.9 Å². The average molecular weight is 317 g/mol. The fourth-order valence-electron chi connectivity index (χ4n) is 2.89. The smallest absolute Gasteiger partial charge is 0.298 e. The number of benzene rings is 1. The maximum atomic E-state index is 12.7. The van der Waals surface area contributed by atoms with Crippen LogP contribution in [0.2, 0.25) is 0 Å². The summed E-state index contributed by atoms with van der Waals surface area (Å²) in [5.74, 6) is -3.28. The van der Waals surface area contributed by atoms with Crippen molar-refractivity contribution in [2.24, 2.45) is 0 Å². The molecule has 1 saturated heterocycles. The summed E-state index contributed by atoms with van der Waals surface area (Å²) in [6.45, 7) is 5.59. The van der Waals surface area contributed by atoms with Crippen LogP contribution < -0.4 is 0 Å². The summed E-state index contributed by atoms with van der Waals surface area (Å²) in [6.07, 6.45) is 0.970. The average Bonchev–Trinajstić information content (AvgIpc) is 2.43. The molecule has 0 amide bonds. The second-order valence-electron chi connectivity index (χ2n) is 5.72. The van der Waals surface area contributed by atoms with E-state index < -0.39 is 20.8 Å². The number of rotatable bonds is 4. The Labute approximate surface area is 124 Å². The largest absolute Gasteiger partial charge is 0.337 e. The van der Waals surface area contributed by atoms with Crippen molar-refractivity contribution in [3.63, 3.8) is 0 Å². The Hall–Kier alpha value is -1.01. The summed E-state index contributed by atoms with van der Waals surface area (Å²) in [5, 5.41) is -0.949. The van der Waals surface area contributed by atoms with Gasteiger partial charge in [-0.25, -0.2) is 8.42 Å². The van der Waals surface area contributed by atoms with E-state index in [9.17, 15) is 17.2 Å². The second kappa shape index (κ2) is 6.40. The van der Waals surface area contributed by atoms with Crippen molar-refractivity contribution >= 4 is 9.84 Å². The second-order valence-corrected chi connectivity index (χ2v) is 7.92. The fourth-order valence-corrected chi connectivity index (χ4v) is 4.10. The van der Waals surface area contributed by atoms with E-state index in [-0.39, 0.29) is 6.54 Å². The van der Waals surface area contributed by atoms with Gasteiger partial charge in [0, 0.05) is 13.1 Å². The van der Waals surface area contributed by atoms with Gasteiger partial charge >= 0.3 is 5.76 Å². The lowest BCUT2D eigenvalue weighted by Gasteiger charge is -2.32. The zero-order valence-electron chi connectivity index (χ0n) is 12.4. The highest BCUT2D eigenvalue weighted by atomic mass is 32.2. The molecule has 1 aromatic carbocycles. The van der Waals surface area contributed by atoms with Gasteiger partial charge in [-0.3, -0.25) is 4.90 Å². The van der Waals surface area contributed by atoms with Crippen molar-refractivity contribution in [3.05, 3.63) is 34.9 Å². The molecule has 0 aromatic heterocycles. The third-order valence-electron chi connectivity index (χ3n) is 4.20. The molecule has 2 rings (SSSR count). The number of piperidine rings is 1. The van der Waals surface area contributed by atoms with Crippen molar-refractivity contribution in [1.29, 1.82) is 0 Å². The molecule has 0 spiro atoms. The first kappa shape index (κ1) is 16.4. The SMILES string of the molecule is Cc1cccc(C)c1CN1CCCC(S(=O)(=O)C(F)F)C1. The molecule has 21 heavy (non-hydrogen) atoms. The Bertz CT molecular complexity index is 581. The van der Waals surface area contributed by atoms with Gasteiger partial charge in [0.25, 0.3) is 0 Å². The van der Waals surface area contributed by atoms with Gasteiger partial charge in [0.05, 0.1) is 5.25 Å². The minimum Gasteiger partial charge on any atom is -0.298 e. The minimum atomic E-state index is -4.32. The first-order valence-electron chi connectivity index (χ1n) is 7.10. The van der Waals surface area contributed by atoms with Gasteiger partial charge in [-0.15, -0.1) is 0 Å². The molecular weight excluding hydrogens is 296 g/mol. The first-order chi connectivity index (χ1) is 9.82. The monoisotopic (exact) mass is 317 g/mol. The summed E-state index contributed by atoms with van der Waals surface area (Å²) in [5.41, 5.74) is 3.45. The van der Waals surface area contributed by atoms with Crippen LogP contribution in [0.3, 0.4) is 0 Å². The molecule has 118 valence electrons. The molecule has 1 aromatic rings. The van der Waals surface area contributed by atoms with Crippen LogP contribution in [0.15, 0.2) is 18.2 Å². The van der Waals surface area contributed by atoms with E-state index in [0.29, 0.717) is 19.4 Å². The molecule has 1 aliphatic rings. The molecule has 1 heterocycles. The Morgan fingerprint density at radius 3 is 2.48 bits per heavy atom. The predicted molar refractivity (Wildman–Crippen MR) is 79.1 cm³/mol. The molecule has 3 nitrogen and oxygen atoms in total. The molecule has 1 fully saturated rings. The fraction of sp³-hybridized carbons (Fsp3) is 0.600. The molecule has 0 aliphatic carbocycles. The molecule has 0 bridgehead atoms. The maximum Gasteiger partial charge on any atom is 0.337 e. The topological polar surface area (TPSA) is 37.4 Å². The third-order valence-corrected chi connectivity index (χ3v) is 6.01. The third kappa shape index (κ3) is 3.61. The van der Waals surface area contributed by atoms with E-state index in [1.165, 1.54) is 0 Å². The molecule has 0 saturated carbocycles. The van der Waals surface area contributed by atoms with E-state index in [2.05, 4.69) is 0 Å². The Morgan fingerprint density at radius 2 is 1.90 bits per heavy atom. The minimum absolute atomic E-state index is 0.195. The summed E-state index contributed by atoms with van der Waals surface area (Å²) in [7, 11) is -4.32. The lowest BCUT2D eigenvalue weighted by molar-refractivity contribution is 0.204. The van der Waals surface area contributed by atoms with E-state index in [0.717, 1.165) is 23.2 Å². The van der Waals surface area contributed by atoms with Gasteiger partial charge < -0.3 is 0 Å². The van der Waals surface area contributed by atoms with Gasteiger partial charge in [-0.05, 0) is 49.9 Å². The van der Waals surface area contributed by atoms with Gasteiger partial charge in [0.15, 0.2) is 0 Å². The molecule has 6 heteroatoms. The summed E-state index contributed by atoms with van der Waals surface area (Å²) in [4.78, 5) is 1.98. The quantitative estimate of drug-likeness (QED) is 0.857. The van der Waals surface area contributed by atoms with Crippen molar-refractivity contribution in [1.82, 2.24) is 4.90 Å². The number of aryl methyl sites for hydroxylation is 2. The highest BCUT2D eigenvalue weighted by molar-refractivity contribution is 7.92. The summed E-state index contributed by atoms with van der Waals surface area (Å²) >= 11 is 0. The molecule has 0 radical (unpaired) electrons. The lowest BCUT2D eigenvalue weighted by Crippen LogP contribution is -2.43. The van der Waals surface area contributed by atoms with Crippen LogP contribution in [0.5, 0.6) is 0 Å². The predicted octanol–water partition coefficient (Wildman–Crippen LogP) is 2.91. The number of hydrogen-bond donors (Lipinski definition) is 0. The van der Waals surface area contributed by atoms with Crippen LogP contribution in [0.1, 0.15) is 29.5 Å². The Balaban J connectivity index is 2.12. The van der Waals surface area contributed by atoms with Crippen LogP contribution in [0.25, 0.3) is 0 Å². The lowest BCUT2D eigenvalue weighted by atomic mass is 10.0. The van der Waals surface area contributed by atoms with Gasteiger partial charge in [-0.2, -0.15) is 8.78 Å². The zero-order chi connectivity index (χ0) is 15.6. The molecule has 0 N–H and O–H groups in total. The molecule has 1 atom stereocenters. The van der Waals surface area contributed by atoms with Crippen LogP contribution in [0.4, 0.5) is 8.78 Å². The Morgan fingerprint density at radius 1 is 1.29 bits per heavy atom. The van der Waals surface area contributed by atoms with Crippen LogP contribution >= 0.6 is 0 Å². The molecule has 1 unspecified atom stereocenters. The van der Waals surface area contributed by atoms with Crippen LogP contribution in [-0.4, -0.2) is 37.4 Å². The highest BCUT2D eigenvalue weighted by Crippen LogP contribution is 2.24. The normalized spacial score (nSPS) is 20.9. The summed E-state index contributed by atoms with van der Waals surface area (Å²) in [6, 6.07) is 6.01. The standard InChI is InChI=1S/C15H21F2NO2S/c1-11-5-3-6-12(2)14(11)10-18-8-4-7-13(9-18)21(19,20)15(16)17/h3,5-6,13,15H,4,7-10H2,1-2H3.